The lowest BCUT2D eigenvalue weighted by Crippen LogP contribution is -2.39. The Morgan fingerprint density at radius 1 is 1.14 bits per heavy atom. The van der Waals surface area contributed by atoms with Gasteiger partial charge in [0.1, 0.15) is 16.4 Å². The number of sulfonamides is 1. The average Bonchev–Trinajstić information content (AvgIpc) is 2.89. The largest absolute Gasteiger partial charge is 0.394 e. The molecule has 0 aromatic heterocycles. The molecule has 1 aliphatic carbocycles. The van der Waals surface area contributed by atoms with Crippen LogP contribution in [0.3, 0.4) is 0 Å². The van der Waals surface area contributed by atoms with Crippen LogP contribution in [0.5, 0.6) is 0 Å². The highest BCUT2D eigenvalue weighted by Crippen LogP contribution is 2.39. The van der Waals surface area contributed by atoms with E-state index in [1.54, 1.807) is 0 Å². The highest BCUT2D eigenvalue weighted by molar-refractivity contribution is 7.89. The summed E-state index contributed by atoms with van der Waals surface area (Å²) in [6.07, 6.45) is 4.74. The highest BCUT2D eigenvalue weighted by Gasteiger charge is 2.43. The summed E-state index contributed by atoms with van der Waals surface area (Å²) in [7, 11) is -3.97. The minimum atomic E-state index is -3.97. The van der Waals surface area contributed by atoms with Gasteiger partial charge in [-0.15, -0.1) is 0 Å². The van der Waals surface area contributed by atoms with Crippen molar-refractivity contribution in [2.75, 3.05) is 12.3 Å². The Kier molecular flexibility index (Phi) is 3.65. The summed E-state index contributed by atoms with van der Waals surface area (Å²) in [5.74, 6) is -1.77. The molecule has 0 bridgehead atoms. The first-order valence-electron chi connectivity index (χ1n) is 7.18. The summed E-state index contributed by atoms with van der Waals surface area (Å²) in [5, 5.41) is 0. The number of hydrogen-bond acceptors (Lipinski definition) is 3. The summed E-state index contributed by atoms with van der Waals surface area (Å²) in [6, 6.07) is 1.81. The Labute approximate surface area is 123 Å². The normalized spacial score (nSPS) is 26.8. The van der Waals surface area contributed by atoms with Crippen molar-refractivity contribution in [1.29, 1.82) is 0 Å². The maximum absolute atomic E-state index is 14.1. The lowest BCUT2D eigenvalue weighted by Gasteiger charge is -2.31. The minimum Gasteiger partial charge on any atom is -0.394 e. The maximum Gasteiger partial charge on any atom is 0.246 e. The fourth-order valence-electron chi connectivity index (χ4n) is 3.54. The van der Waals surface area contributed by atoms with E-state index < -0.39 is 32.2 Å². The standard InChI is InChI=1S/C14H18F2N2O2S/c15-10-5-6-12(13(16)14(10)17)21(19,20)18-8-7-9-3-1-2-4-11(9)18/h5-6,9,11H,1-4,7-8,17H2. The van der Waals surface area contributed by atoms with E-state index in [4.69, 9.17) is 5.73 Å². The van der Waals surface area contributed by atoms with Gasteiger partial charge < -0.3 is 5.73 Å². The number of fused-ring (bicyclic) bond motifs is 1. The predicted octanol–water partition coefficient (Wildman–Crippen LogP) is 2.50. The SMILES string of the molecule is Nc1c(F)ccc(S(=O)(=O)N2CCC3CCCCC32)c1F. The third-order valence-electron chi connectivity index (χ3n) is 4.64. The van der Waals surface area contributed by atoms with Gasteiger partial charge in [0, 0.05) is 12.6 Å². The van der Waals surface area contributed by atoms with Crippen molar-refractivity contribution in [3.05, 3.63) is 23.8 Å². The van der Waals surface area contributed by atoms with Gasteiger partial charge in [-0.3, -0.25) is 0 Å². The van der Waals surface area contributed by atoms with Crippen molar-refractivity contribution in [1.82, 2.24) is 4.31 Å². The van der Waals surface area contributed by atoms with Gasteiger partial charge in [-0.1, -0.05) is 12.8 Å². The topological polar surface area (TPSA) is 63.4 Å². The first-order valence-corrected chi connectivity index (χ1v) is 8.62. The predicted molar refractivity (Wildman–Crippen MR) is 75.0 cm³/mol. The fraction of sp³-hybridized carbons (Fsp3) is 0.571. The molecule has 116 valence electrons. The van der Waals surface area contributed by atoms with Gasteiger partial charge in [0.05, 0.1) is 0 Å². The number of rotatable bonds is 2. The molecule has 2 unspecified atom stereocenters. The second-order valence-corrected chi connectivity index (χ2v) is 7.65. The van der Waals surface area contributed by atoms with Crippen LogP contribution in [-0.2, 0) is 10.0 Å². The molecule has 2 aliphatic rings. The van der Waals surface area contributed by atoms with Crippen LogP contribution in [0.4, 0.5) is 14.5 Å². The maximum atomic E-state index is 14.1. The molecule has 21 heavy (non-hydrogen) atoms. The van der Waals surface area contributed by atoms with E-state index in [9.17, 15) is 17.2 Å². The third kappa shape index (κ3) is 2.32. The Bertz CT molecular complexity index is 663. The second-order valence-electron chi connectivity index (χ2n) is 5.79. The van der Waals surface area contributed by atoms with Crippen LogP contribution < -0.4 is 5.73 Å². The average molecular weight is 316 g/mol. The molecule has 1 aliphatic heterocycles. The molecular weight excluding hydrogens is 298 g/mol. The van der Waals surface area contributed by atoms with Crippen LogP contribution in [0, 0.1) is 17.6 Å². The van der Waals surface area contributed by atoms with E-state index in [0.717, 1.165) is 44.2 Å². The molecule has 1 saturated carbocycles. The Balaban J connectivity index is 1.99. The van der Waals surface area contributed by atoms with Crippen LogP contribution in [0.1, 0.15) is 32.1 Å². The van der Waals surface area contributed by atoms with E-state index in [2.05, 4.69) is 0 Å². The zero-order valence-electron chi connectivity index (χ0n) is 11.6. The molecule has 3 rings (SSSR count). The summed E-state index contributed by atoms with van der Waals surface area (Å²) < 4.78 is 54.0. The van der Waals surface area contributed by atoms with Crippen molar-refractivity contribution < 1.29 is 17.2 Å². The zero-order chi connectivity index (χ0) is 15.2. The molecule has 1 heterocycles. The molecule has 0 radical (unpaired) electrons. The number of nitrogens with zero attached hydrogens (tertiary/aromatic N) is 1. The first kappa shape index (κ1) is 14.7. The lowest BCUT2D eigenvalue weighted by molar-refractivity contribution is 0.260. The van der Waals surface area contributed by atoms with Crippen molar-refractivity contribution >= 4 is 15.7 Å². The monoisotopic (exact) mass is 316 g/mol. The van der Waals surface area contributed by atoms with E-state index in [0.29, 0.717) is 12.5 Å². The Morgan fingerprint density at radius 2 is 1.86 bits per heavy atom. The number of anilines is 1. The van der Waals surface area contributed by atoms with Crippen LogP contribution >= 0.6 is 0 Å². The van der Waals surface area contributed by atoms with Gasteiger partial charge in [-0.2, -0.15) is 4.31 Å². The van der Waals surface area contributed by atoms with Crippen LogP contribution in [0.15, 0.2) is 17.0 Å². The van der Waals surface area contributed by atoms with Gasteiger partial charge in [0.15, 0.2) is 5.82 Å². The lowest BCUT2D eigenvalue weighted by atomic mass is 9.86. The number of nitrogens with two attached hydrogens (primary N) is 1. The number of benzene rings is 1. The van der Waals surface area contributed by atoms with Crippen LogP contribution in [0.25, 0.3) is 0 Å². The van der Waals surface area contributed by atoms with Crippen molar-refractivity contribution in [2.45, 2.75) is 43.0 Å². The quantitative estimate of drug-likeness (QED) is 0.853. The number of hydrogen-bond donors (Lipinski definition) is 1. The van der Waals surface area contributed by atoms with Gasteiger partial charge in [-0.05, 0) is 37.3 Å². The summed E-state index contributed by atoms with van der Waals surface area (Å²) in [5.41, 5.74) is 4.54. The van der Waals surface area contributed by atoms with E-state index >= 15 is 0 Å². The smallest absolute Gasteiger partial charge is 0.246 e. The molecule has 1 saturated heterocycles. The van der Waals surface area contributed by atoms with Gasteiger partial charge in [0.2, 0.25) is 10.0 Å². The molecule has 0 amide bonds. The Hall–Kier alpha value is -1.21. The van der Waals surface area contributed by atoms with Crippen LogP contribution in [0.2, 0.25) is 0 Å². The Morgan fingerprint density at radius 3 is 2.62 bits per heavy atom. The fourth-order valence-corrected chi connectivity index (χ4v) is 5.35. The second kappa shape index (κ2) is 5.21. The van der Waals surface area contributed by atoms with E-state index in [1.165, 1.54) is 4.31 Å². The molecule has 0 spiro atoms. The summed E-state index contributed by atoms with van der Waals surface area (Å²) in [6.45, 7) is 0.397. The van der Waals surface area contributed by atoms with Crippen molar-refractivity contribution in [3.8, 4) is 0 Å². The van der Waals surface area contributed by atoms with Gasteiger partial charge in [0.25, 0.3) is 0 Å². The molecule has 2 atom stereocenters. The molecular formula is C14H18F2N2O2S. The van der Waals surface area contributed by atoms with Gasteiger partial charge >= 0.3 is 0 Å². The van der Waals surface area contributed by atoms with Gasteiger partial charge in [-0.25, -0.2) is 17.2 Å². The van der Waals surface area contributed by atoms with E-state index in [-0.39, 0.29) is 6.04 Å². The number of halogens is 2. The molecule has 7 heteroatoms. The molecule has 2 N–H and O–H groups in total. The van der Waals surface area contributed by atoms with Crippen LogP contribution in [-0.4, -0.2) is 25.3 Å². The first-order chi connectivity index (χ1) is 9.93. The summed E-state index contributed by atoms with van der Waals surface area (Å²) >= 11 is 0. The van der Waals surface area contributed by atoms with Crippen molar-refractivity contribution in [2.24, 2.45) is 5.92 Å². The number of nitrogen functional groups attached to an aromatic ring is 1. The van der Waals surface area contributed by atoms with Crippen molar-refractivity contribution in [3.63, 3.8) is 0 Å². The molecule has 1 aromatic carbocycles. The third-order valence-corrected chi connectivity index (χ3v) is 6.58. The molecule has 1 aromatic rings. The minimum absolute atomic E-state index is 0.0607. The zero-order valence-corrected chi connectivity index (χ0v) is 12.4. The van der Waals surface area contributed by atoms with E-state index in [1.807, 2.05) is 0 Å². The highest BCUT2D eigenvalue weighted by atomic mass is 32.2. The molecule has 2 fully saturated rings. The molecule has 4 nitrogen and oxygen atoms in total. The summed E-state index contributed by atoms with van der Waals surface area (Å²) in [4.78, 5) is -0.521.